The summed E-state index contributed by atoms with van der Waals surface area (Å²) in [4.78, 5) is 2.17. The first-order valence-electron chi connectivity index (χ1n) is 5.76. The molecule has 3 rings (SSSR count). The van der Waals surface area contributed by atoms with Crippen LogP contribution in [0.4, 0.5) is 6.01 Å². The van der Waals surface area contributed by atoms with Crippen molar-refractivity contribution in [3.05, 3.63) is 5.89 Å². The van der Waals surface area contributed by atoms with E-state index in [1.54, 1.807) is 0 Å². The third kappa shape index (κ3) is 1.49. The average molecular weight is 224 g/mol. The van der Waals surface area contributed by atoms with Gasteiger partial charge in [-0.1, -0.05) is 5.10 Å². The van der Waals surface area contributed by atoms with Gasteiger partial charge >= 0.3 is 6.01 Å². The minimum absolute atomic E-state index is 0.175. The standard InChI is InChI=1S/C10H16N4O2/c11-5-9-12-13-10(16-9)14-6-1-2-7(14)4-8(15)3-6/h6-8,15H,1-5,11H2. The number of hydrogen-bond donors (Lipinski definition) is 2. The van der Waals surface area contributed by atoms with Gasteiger partial charge in [-0.05, 0) is 25.7 Å². The summed E-state index contributed by atoms with van der Waals surface area (Å²) in [5, 5.41) is 17.6. The first-order chi connectivity index (χ1) is 7.78. The molecule has 0 saturated carbocycles. The van der Waals surface area contributed by atoms with Crippen molar-refractivity contribution >= 4 is 6.01 Å². The van der Waals surface area contributed by atoms with Crippen molar-refractivity contribution in [2.75, 3.05) is 4.90 Å². The largest absolute Gasteiger partial charge is 0.407 e. The number of piperidine rings is 1. The zero-order valence-corrected chi connectivity index (χ0v) is 9.04. The Bertz CT molecular complexity index is 367. The number of aliphatic hydroxyl groups is 1. The van der Waals surface area contributed by atoms with Crippen LogP contribution < -0.4 is 10.6 Å². The van der Waals surface area contributed by atoms with Crippen LogP contribution in [0.25, 0.3) is 0 Å². The summed E-state index contributed by atoms with van der Waals surface area (Å²) in [6.45, 7) is 0.277. The van der Waals surface area contributed by atoms with Crippen LogP contribution in [-0.2, 0) is 6.54 Å². The number of aliphatic hydroxyl groups excluding tert-OH is 1. The number of nitrogens with two attached hydrogens (primary N) is 1. The minimum Gasteiger partial charge on any atom is -0.407 e. The molecule has 0 radical (unpaired) electrons. The minimum atomic E-state index is -0.175. The lowest BCUT2D eigenvalue weighted by molar-refractivity contribution is 0.124. The molecule has 6 heteroatoms. The van der Waals surface area contributed by atoms with Gasteiger partial charge in [-0.25, -0.2) is 0 Å². The molecular weight excluding hydrogens is 208 g/mol. The van der Waals surface area contributed by atoms with Crippen LogP contribution in [0.1, 0.15) is 31.6 Å². The predicted molar refractivity (Wildman–Crippen MR) is 56.7 cm³/mol. The van der Waals surface area contributed by atoms with E-state index in [1.165, 1.54) is 0 Å². The van der Waals surface area contributed by atoms with E-state index < -0.39 is 0 Å². The topological polar surface area (TPSA) is 88.4 Å². The van der Waals surface area contributed by atoms with Gasteiger partial charge in [-0.2, -0.15) is 0 Å². The van der Waals surface area contributed by atoms with Gasteiger partial charge in [0.2, 0.25) is 5.89 Å². The number of fused-ring (bicyclic) bond motifs is 2. The van der Waals surface area contributed by atoms with E-state index in [1.807, 2.05) is 0 Å². The fraction of sp³-hybridized carbons (Fsp3) is 0.800. The molecule has 6 nitrogen and oxygen atoms in total. The second-order valence-corrected chi connectivity index (χ2v) is 4.60. The first-order valence-corrected chi connectivity index (χ1v) is 5.76. The number of aromatic nitrogens is 2. The van der Waals surface area contributed by atoms with Crippen molar-refractivity contribution in [2.24, 2.45) is 5.73 Å². The molecule has 2 bridgehead atoms. The Hall–Kier alpha value is -1.14. The molecule has 0 aliphatic carbocycles. The molecule has 16 heavy (non-hydrogen) atoms. The molecule has 0 aromatic carbocycles. The predicted octanol–water partition coefficient (Wildman–Crippen LogP) is 0.0204. The van der Waals surface area contributed by atoms with Gasteiger partial charge < -0.3 is 20.2 Å². The molecule has 2 aliphatic rings. The Kier molecular flexibility index (Phi) is 2.33. The van der Waals surface area contributed by atoms with E-state index in [0.717, 1.165) is 25.7 Å². The van der Waals surface area contributed by atoms with Crippen LogP contribution in [0.5, 0.6) is 0 Å². The van der Waals surface area contributed by atoms with Crippen molar-refractivity contribution in [2.45, 2.75) is 50.4 Å². The molecular formula is C10H16N4O2. The molecule has 3 N–H and O–H groups in total. The van der Waals surface area contributed by atoms with E-state index >= 15 is 0 Å². The highest BCUT2D eigenvalue weighted by Gasteiger charge is 2.42. The maximum atomic E-state index is 9.69. The zero-order valence-electron chi connectivity index (χ0n) is 9.04. The summed E-state index contributed by atoms with van der Waals surface area (Å²) in [6.07, 6.45) is 3.63. The maximum absolute atomic E-state index is 9.69. The first kappa shape index (κ1) is 10.0. The van der Waals surface area contributed by atoms with Gasteiger partial charge in [0.1, 0.15) is 0 Å². The molecule has 1 aromatic heterocycles. The molecule has 0 amide bonds. The number of nitrogens with zero attached hydrogens (tertiary/aromatic N) is 3. The molecule has 2 atom stereocenters. The second-order valence-electron chi connectivity index (χ2n) is 4.60. The van der Waals surface area contributed by atoms with Crippen LogP contribution in [-0.4, -0.2) is 33.5 Å². The molecule has 88 valence electrons. The van der Waals surface area contributed by atoms with Crippen molar-refractivity contribution in [3.8, 4) is 0 Å². The molecule has 2 fully saturated rings. The van der Waals surface area contributed by atoms with E-state index in [2.05, 4.69) is 15.1 Å². The summed E-state index contributed by atoms with van der Waals surface area (Å²) < 4.78 is 5.49. The van der Waals surface area contributed by atoms with Crippen LogP contribution in [0.3, 0.4) is 0 Å². The lowest BCUT2D eigenvalue weighted by atomic mass is 10.0. The monoisotopic (exact) mass is 224 g/mol. The molecule has 0 spiro atoms. The van der Waals surface area contributed by atoms with Gasteiger partial charge in [-0.15, -0.1) is 5.10 Å². The number of rotatable bonds is 2. The summed E-state index contributed by atoms with van der Waals surface area (Å²) in [5.41, 5.74) is 5.44. The Balaban J connectivity index is 1.85. The Morgan fingerprint density at radius 1 is 1.31 bits per heavy atom. The third-order valence-corrected chi connectivity index (χ3v) is 3.56. The quantitative estimate of drug-likeness (QED) is 0.736. The SMILES string of the molecule is NCc1nnc(N2C3CCC2CC(O)C3)o1. The van der Waals surface area contributed by atoms with E-state index in [4.69, 9.17) is 10.2 Å². The van der Waals surface area contributed by atoms with Crippen LogP contribution in [0.2, 0.25) is 0 Å². The highest BCUT2D eigenvalue weighted by atomic mass is 16.4. The lowest BCUT2D eigenvalue weighted by Gasteiger charge is -2.35. The van der Waals surface area contributed by atoms with E-state index in [-0.39, 0.29) is 12.6 Å². The second kappa shape index (κ2) is 3.71. The van der Waals surface area contributed by atoms with Gasteiger partial charge in [0.15, 0.2) is 0 Å². The average Bonchev–Trinajstić information content (AvgIpc) is 2.81. The maximum Gasteiger partial charge on any atom is 0.318 e. The molecule has 2 aliphatic heterocycles. The summed E-state index contributed by atoms with van der Waals surface area (Å²) in [6, 6.07) is 1.26. The fourth-order valence-corrected chi connectivity index (χ4v) is 2.89. The van der Waals surface area contributed by atoms with Gasteiger partial charge in [-0.3, -0.25) is 0 Å². The van der Waals surface area contributed by atoms with Gasteiger partial charge in [0, 0.05) is 12.1 Å². The van der Waals surface area contributed by atoms with Crippen LogP contribution in [0.15, 0.2) is 4.42 Å². The number of hydrogen-bond acceptors (Lipinski definition) is 6. The van der Waals surface area contributed by atoms with Gasteiger partial charge in [0.25, 0.3) is 0 Å². The Morgan fingerprint density at radius 3 is 2.56 bits per heavy atom. The van der Waals surface area contributed by atoms with Crippen molar-refractivity contribution in [3.63, 3.8) is 0 Å². The molecule has 3 heterocycles. The highest BCUT2D eigenvalue weighted by molar-refractivity contribution is 5.33. The third-order valence-electron chi connectivity index (χ3n) is 3.56. The van der Waals surface area contributed by atoms with Crippen molar-refractivity contribution < 1.29 is 9.52 Å². The van der Waals surface area contributed by atoms with Crippen LogP contribution in [0, 0.1) is 0 Å². The van der Waals surface area contributed by atoms with Gasteiger partial charge in [0.05, 0.1) is 12.6 Å². The Labute approximate surface area is 93.4 Å². The summed E-state index contributed by atoms with van der Waals surface area (Å²) in [7, 11) is 0. The molecule has 2 unspecified atom stereocenters. The zero-order chi connectivity index (χ0) is 11.1. The van der Waals surface area contributed by atoms with E-state index in [0.29, 0.717) is 24.0 Å². The normalized spacial score (nSPS) is 33.4. The summed E-state index contributed by atoms with van der Waals surface area (Å²) in [5.74, 6) is 0.473. The smallest absolute Gasteiger partial charge is 0.318 e. The molecule has 2 saturated heterocycles. The molecule has 1 aromatic rings. The van der Waals surface area contributed by atoms with Crippen molar-refractivity contribution in [1.82, 2.24) is 10.2 Å². The van der Waals surface area contributed by atoms with Crippen LogP contribution >= 0.6 is 0 Å². The Morgan fingerprint density at radius 2 is 2.00 bits per heavy atom. The lowest BCUT2D eigenvalue weighted by Crippen LogP contribution is -2.45. The highest BCUT2D eigenvalue weighted by Crippen LogP contribution is 2.38. The summed E-state index contributed by atoms with van der Waals surface area (Å²) >= 11 is 0. The van der Waals surface area contributed by atoms with Crippen molar-refractivity contribution in [1.29, 1.82) is 0 Å². The van der Waals surface area contributed by atoms with E-state index in [9.17, 15) is 5.11 Å². The fourth-order valence-electron chi connectivity index (χ4n) is 2.89. The number of anilines is 1.